The maximum absolute atomic E-state index is 3.63. The zero-order chi connectivity index (χ0) is 7.14. The molecule has 0 aromatic heterocycles. The third kappa shape index (κ3) is 1.07. The maximum atomic E-state index is 3.63. The first-order valence-corrected chi connectivity index (χ1v) is 4.53. The van der Waals surface area contributed by atoms with Gasteiger partial charge >= 0.3 is 0 Å². The Balaban J connectivity index is 1.82. The van der Waals surface area contributed by atoms with Gasteiger partial charge in [-0.1, -0.05) is 13.8 Å². The standard InChI is InChI=1S/C9H17N/c1-6(2)10-9-4-3-7-5-8(7)9/h6-10H,3-5H2,1-2H3/t7-,8+,9-/m0/s1. The lowest BCUT2D eigenvalue weighted by Crippen LogP contribution is -2.34. The lowest BCUT2D eigenvalue weighted by molar-refractivity contribution is 0.433. The summed E-state index contributed by atoms with van der Waals surface area (Å²) < 4.78 is 0. The van der Waals surface area contributed by atoms with Gasteiger partial charge in [0.2, 0.25) is 0 Å². The molecule has 0 heterocycles. The molecule has 0 aromatic carbocycles. The smallest absolute Gasteiger partial charge is 0.0100 e. The van der Waals surface area contributed by atoms with Gasteiger partial charge in [-0.3, -0.25) is 0 Å². The highest BCUT2D eigenvalue weighted by molar-refractivity contribution is 5.01. The van der Waals surface area contributed by atoms with Crippen molar-refractivity contribution >= 4 is 0 Å². The molecule has 0 unspecified atom stereocenters. The number of hydrogen-bond acceptors (Lipinski definition) is 1. The quantitative estimate of drug-likeness (QED) is 0.615. The van der Waals surface area contributed by atoms with Crippen molar-refractivity contribution in [1.82, 2.24) is 5.32 Å². The SMILES string of the molecule is CC(C)N[C@H]1CC[C@H]2C[C@H]21. The zero-order valence-corrected chi connectivity index (χ0v) is 6.93. The van der Waals surface area contributed by atoms with E-state index in [4.69, 9.17) is 0 Å². The van der Waals surface area contributed by atoms with Gasteiger partial charge in [0.15, 0.2) is 0 Å². The Morgan fingerprint density at radius 3 is 2.50 bits per heavy atom. The van der Waals surface area contributed by atoms with Crippen LogP contribution in [0.4, 0.5) is 0 Å². The maximum Gasteiger partial charge on any atom is 0.0100 e. The van der Waals surface area contributed by atoms with Crippen LogP contribution in [0, 0.1) is 11.8 Å². The third-order valence-corrected chi connectivity index (χ3v) is 2.89. The average Bonchev–Trinajstić information content (AvgIpc) is 2.52. The summed E-state index contributed by atoms with van der Waals surface area (Å²) in [4.78, 5) is 0. The van der Waals surface area contributed by atoms with Crippen LogP contribution >= 0.6 is 0 Å². The number of nitrogens with one attached hydrogen (secondary N) is 1. The molecule has 2 aliphatic rings. The van der Waals surface area contributed by atoms with E-state index in [1.54, 1.807) is 0 Å². The van der Waals surface area contributed by atoms with Gasteiger partial charge in [-0.05, 0) is 31.1 Å². The van der Waals surface area contributed by atoms with Crippen molar-refractivity contribution < 1.29 is 0 Å². The molecule has 0 radical (unpaired) electrons. The van der Waals surface area contributed by atoms with Crippen molar-refractivity contribution in [2.45, 2.75) is 45.2 Å². The van der Waals surface area contributed by atoms with Gasteiger partial charge < -0.3 is 5.32 Å². The molecule has 3 atom stereocenters. The molecule has 0 spiro atoms. The molecule has 1 heteroatoms. The second-order valence-electron chi connectivity index (χ2n) is 4.16. The Kier molecular flexibility index (Phi) is 1.48. The highest BCUT2D eigenvalue weighted by Gasteiger charge is 2.47. The van der Waals surface area contributed by atoms with Crippen LogP contribution in [-0.4, -0.2) is 12.1 Å². The van der Waals surface area contributed by atoms with Crippen molar-refractivity contribution in [3.05, 3.63) is 0 Å². The highest BCUT2D eigenvalue weighted by Crippen LogP contribution is 2.51. The predicted molar refractivity (Wildman–Crippen MR) is 42.9 cm³/mol. The van der Waals surface area contributed by atoms with E-state index in [0.717, 1.165) is 17.9 Å². The van der Waals surface area contributed by atoms with E-state index < -0.39 is 0 Å². The Bertz CT molecular complexity index is 131. The first kappa shape index (κ1) is 6.66. The van der Waals surface area contributed by atoms with Crippen LogP contribution in [0.5, 0.6) is 0 Å². The van der Waals surface area contributed by atoms with E-state index >= 15 is 0 Å². The number of fused-ring (bicyclic) bond motifs is 1. The molecule has 58 valence electrons. The zero-order valence-electron chi connectivity index (χ0n) is 6.93. The Hall–Kier alpha value is -0.0400. The molecule has 1 nitrogen and oxygen atoms in total. The molecule has 2 aliphatic carbocycles. The van der Waals surface area contributed by atoms with Gasteiger partial charge in [0.1, 0.15) is 0 Å². The van der Waals surface area contributed by atoms with E-state index in [9.17, 15) is 0 Å². The van der Waals surface area contributed by atoms with E-state index in [0.29, 0.717) is 6.04 Å². The summed E-state index contributed by atoms with van der Waals surface area (Å²) in [6.07, 6.45) is 4.45. The van der Waals surface area contributed by atoms with Crippen LogP contribution in [0.1, 0.15) is 33.1 Å². The van der Waals surface area contributed by atoms with Gasteiger partial charge in [0.05, 0.1) is 0 Å². The first-order valence-electron chi connectivity index (χ1n) is 4.53. The van der Waals surface area contributed by atoms with Gasteiger partial charge in [0, 0.05) is 12.1 Å². The highest BCUT2D eigenvalue weighted by atomic mass is 15.0. The van der Waals surface area contributed by atoms with Crippen LogP contribution in [0.15, 0.2) is 0 Å². The van der Waals surface area contributed by atoms with Crippen LogP contribution in [-0.2, 0) is 0 Å². The monoisotopic (exact) mass is 139 g/mol. The lowest BCUT2D eigenvalue weighted by atomic mass is 10.1. The van der Waals surface area contributed by atoms with Crippen LogP contribution < -0.4 is 5.32 Å². The molecule has 0 saturated heterocycles. The van der Waals surface area contributed by atoms with Gasteiger partial charge in [-0.15, -0.1) is 0 Å². The minimum absolute atomic E-state index is 0.685. The fraction of sp³-hybridized carbons (Fsp3) is 1.00. The summed E-state index contributed by atoms with van der Waals surface area (Å²) in [6, 6.07) is 1.56. The van der Waals surface area contributed by atoms with E-state index in [1.165, 1.54) is 19.3 Å². The normalized spacial score (nSPS) is 44.1. The Labute approximate surface area is 63.2 Å². The molecular formula is C9H17N. The summed E-state index contributed by atoms with van der Waals surface area (Å²) in [5.41, 5.74) is 0. The molecule has 2 fully saturated rings. The topological polar surface area (TPSA) is 12.0 Å². The second-order valence-corrected chi connectivity index (χ2v) is 4.16. The molecule has 0 amide bonds. The predicted octanol–water partition coefficient (Wildman–Crippen LogP) is 1.78. The molecule has 1 N–H and O–H groups in total. The molecular weight excluding hydrogens is 122 g/mol. The van der Waals surface area contributed by atoms with Crippen molar-refractivity contribution in [1.29, 1.82) is 0 Å². The van der Waals surface area contributed by atoms with Crippen molar-refractivity contribution in [3.8, 4) is 0 Å². The molecule has 2 saturated carbocycles. The Morgan fingerprint density at radius 2 is 2.10 bits per heavy atom. The number of rotatable bonds is 2. The summed E-state index contributed by atoms with van der Waals surface area (Å²) >= 11 is 0. The van der Waals surface area contributed by atoms with Gasteiger partial charge in [0.25, 0.3) is 0 Å². The second kappa shape index (κ2) is 2.23. The minimum atomic E-state index is 0.685. The van der Waals surface area contributed by atoms with Crippen LogP contribution in [0.25, 0.3) is 0 Å². The summed E-state index contributed by atoms with van der Waals surface area (Å²) in [6.45, 7) is 4.49. The van der Waals surface area contributed by atoms with Crippen LogP contribution in [0.2, 0.25) is 0 Å². The average molecular weight is 139 g/mol. The largest absolute Gasteiger partial charge is 0.311 e. The fourth-order valence-electron chi connectivity index (χ4n) is 2.34. The van der Waals surface area contributed by atoms with Crippen molar-refractivity contribution in [3.63, 3.8) is 0 Å². The number of hydrogen-bond donors (Lipinski definition) is 1. The van der Waals surface area contributed by atoms with E-state index in [2.05, 4.69) is 19.2 Å². The minimum Gasteiger partial charge on any atom is -0.311 e. The molecule has 0 bridgehead atoms. The third-order valence-electron chi connectivity index (χ3n) is 2.89. The summed E-state index contributed by atoms with van der Waals surface area (Å²) in [7, 11) is 0. The molecule has 0 aromatic rings. The Morgan fingerprint density at radius 1 is 1.30 bits per heavy atom. The van der Waals surface area contributed by atoms with E-state index in [-0.39, 0.29) is 0 Å². The van der Waals surface area contributed by atoms with Gasteiger partial charge in [-0.25, -0.2) is 0 Å². The summed E-state index contributed by atoms with van der Waals surface area (Å²) in [5.74, 6) is 2.19. The van der Waals surface area contributed by atoms with Gasteiger partial charge in [-0.2, -0.15) is 0 Å². The fourth-order valence-corrected chi connectivity index (χ4v) is 2.34. The van der Waals surface area contributed by atoms with E-state index in [1.807, 2.05) is 0 Å². The lowest BCUT2D eigenvalue weighted by Gasteiger charge is -2.16. The molecule has 0 aliphatic heterocycles. The van der Waals surface area contributed by atoms with Crippen LogP contribution in [0.3, 0.4) is 0 Å². The molecule has 10 heavy (non-hydrogen) atoms. The first-order chi connectivity index (χ1) is 4.77. The van der Waals surface area contributed by atoms with Crippen molar-refractivity contribution in [2.75, 3.05) is 0 Å². The van der Waals surface area contributed by atoms with Crippen molar-refractivity contribution in [2.24, 2.45) is 11.8 Å². The summed E-state index contributed by atoms with van der Waals surface area (Å²) in [5, 5.41) is 3.63. The molecule has 2 rings (SSSR count).